The normalized spacial score (nSPS) is 10.2. The number of nitrogens with zero attached hydrogens (tertiary/aromatic N) is 2. The Hall–Kier alpha value is -2.38. The highest BCUT2D eigenvalue weighted by atomic mass is 16.5. The summed E-state index contributed by atoms with van der Waals surface area (Å²) in [6, 6.07) is 0. The molecule has 0 aromatic carbocycles. The van der Waals surface area contributed by atoms with E-state index in [2.05, 4.69) is 5.16 Å². The van der Waals surface area contributed by atoms with E-state index < -0.39 is 30.9 Å². The molecule has 0 atom stereocenters. The first-order valence-corrected chi connectivity index (χ1v) is 5.51. The minimum atomic E-state index is -1.21. The van der Waals surface area contributed by atoms with Crippen LogP contribution in [0.2, 0.25) is 0 Å². The van der Waals surface area contributed by atoms with Crippen LogP contribution in [0.1, 0.15) is 17.0 Å². The molecule has 0 unspecified atom stereocenters. The number of aryl methyl sites for hydroxylation is 2. The van der Waals surface area contributed by atoms with Crippen LogP contribution in [0.5, 0.6) is 0 Å². The van der Waals surface area contributed by atoms with E-state index in [0.29, 0.717) is 17.0 Å². The Bertz CT molecular complexity index is 473. The molecule has 0 fully saturated rings. The fraction of sp³-hybridized carbons (Fsp3) is 0.455. The maximum atomic E-state index is 12.0. The molecule has 1 rings (SSSR count). The molecule has 0 radical (unpaired) electrons. The number of amides is 2. The van der Waals surface area contributed by atoms with Gasteiger partial charge in [0.25, 0.3) is 0 Å². The van der Waals surface area contributed by atoms with Crippen LogP contribution in [-0.2, 0) is 20.8 Å². The zero-order valence-corrected chi connectivity index (χ0v) is 10.7. The summed E-state index contributed by atoms with van der Waals surface area (Å²) in [5.41, 5.74) is 6.13. The number of carboxylic acid groups (broad SMARTS) is 1. The van der Waals surface area contributed by atoms with Crippen LogP contribution in [0.25, 0.3) is 0 Å². The molecule has 0 bridgehead atoms. The molecule has 1 aromatic rings. The first-order chi connectivity index (χ1) is 8.81. The Labute approximate surface area is 109 Å². The number of carboxylic acids is 1. The van der Waals surface area contributed by atoms with E-state index in [1.807, 2.05) is 0 Å². The van der Waals surface area contributed by atoms with Crippen molar-refractivity contribution >= 4 is 17.8 Å². The van der Waals surface area contributed by atoms with Crippen LogP contribution in [0.4, 0.5) is 0 Å². The Balaban J connectivity index is 2.82. The average molecular weight is 269 g/mol. The van der Waals surface area contributed by atoms with Gasteiger partial charge >= 0.3 is 5.97 Å². The molecule has 0 aliphatic carbocycles. The fourth-order valence-electron chi connectivity index (χ4n) is 1.60. The molecule has 2 amide bonds. The number of hydrogen-bond acceptors (Lipinski definition) is 5. The number of carbonyl (C=O) groups is 3. The van der Waals surface area contributed by atoms with E-state index in [9.17, 15) is 14.4 Å². The standard InChI is InChI=1S/C11H15N3O5/c1-6-8(7(2)19-13-6)3-10(16)14(4-9(12)15)5-11(17)18/h3-5H2,1-2H3,(H2,12,15)(H,17,18). The fourth-order valence-corrected chi connectivity index (χ4v) is 1.60. The van der Waals surface area contributed by atoms with Crippen molar-refractivity contribution in [3.8, 4) is 0 Å². The Morgan fingerprint density at radius 2 is 1.95 bits per heavy atom. The van der Waals surface area contributed by atoms with Crippen LogP contribution in [0, 0.1) is 13.8 Å². The molecule has 3 N–H and O–H groups in total. The van der Waals surface area contributed by atoms with E-state index in [4.69, 9.17) is 15.4 Å². The van der Waals surface area contributed by atoms with Gasteiger partial charge in [-0.25, -0.2) is 0 Å². The van der Waals surface area contributed by atoms with E-state index in [-0.39, 0.29) is 6.42 Å². The molecule has 0 aliphatic heterocycles. The zero-order chi connectivity index (χ0) is 14.6. The van der Waals surface area contributed by atoms with E-state index in [1.54, 1.807) is 13.8 Å². The predicted molar refractivity (Wildman–Crippen MR) is 63.1 cm³/mol. The van der Waals surface area contributed by atoms with Gasteiger partial charge in [-0.3, -0.25) is 14.4 Å². The quantitative estimate of drug-likeness (QED) is 0.698. The van der Waals surface area contributed by atoms with E-state index >= 15 is 0 Å². The second kappa shape index (κ2) is 5.98. The summed E-state index contributed by atoms with van der Waals surface area (Å²) in [5.74, 6) is -2.02. The number of primary amides is 1. The lowest BCUT2D eigenvalue weighted by Gasteiger charge is -2.18. The van der Waals surface area contributed by atoms with Crippen molar-refractivity contribution < 1.29 is 24.0 Å². The molecule has 0 saturated carbocycles. The molecule has 8 nitrogen and oxygen atoms in total. The molecule has 1 heterocycles. The van der Waals surface area contributed by atoms with Gasteiger partial charge in [-0.15, -0.1) is 0 Å². The maximum Gasteiger partial charge on any atom is 0.323 e. The van der Waals surface area contributed by atoms with Crippen molar-refractivity contribution in [3.63, 3.8) is 0 Å². The van der Waals surface area contributed by atoms with Crippen LogP contribution < -0.4 is 5.73 Å². The molecular weight excluding hydrogens is 254 g/mol. The first-order valence-electron chi connectivity index (χ1n) is 5.51. The summed E-state index contributed by atoms with van der Waals surface area (Å²) in [4.78, 5) is 34.3. The van der Waals surface area contributed by atoms with Gasteiger partial charge in [0.15, 0.2) is 0 Å². The van der Waals surface area contributed by atoms with Gasteiger partial charge in [0.05, 0.1) is 18.7 Å². The number of hydrogen-bond donors (Lipinski definition) is 2. The van der Waals surface area contributed by atoms with Crippen molar-refractivity contribution in [1.29, 1.82) is 0 Å². The molecule has 104 valence electrons. The summed E-state index contributed by atoms with van der Waals surface area (Å²) < 4.78 is 4.91. The van der Waals surface area contributed by atoms with Crippen LogP contribution >= 0.6 is 0 Å². The highest BCUT2D eigenvalue weighted by Gasteiger charge is 2.21. The molecule has 8 heteroatoms. The summed E-state index contributed by atoms with van der Waals surface area (Å²) in [6.45, 7) is 2.31. The van der Waals surface area contributed by atoms with Gasteiger partial charge in [-0.05, 0) is 13.8 Å². The van der Waals surface area contributed by atoms with E-state index in [1.165, 1.54) is 0 Å². The third-order valence-corrected chi connectivity index (χ3v) is 2.53. The number of aromatic nitrogens is 1. The second-order valence-corrected chi connectivity index (χ2v) is 4.09. The molecule has 19 heavy (non-hydrogen) atoms. The highest BCUT2D eigenvalue weighted by molar-refractivity contribution is 5.88. The predicted octanol–water partition coefficient (Wildman–Crippen LogP) is -0.768. The lowest BCUT2D eigenvalue weighted by atomic mass is 10.1. The zero-order valence-electron chi connectivity index (χ0n) is 10.7. The first kappa shape index (κ1) is 14.7. The highest BCUT2D eigenvalue weighted by Crippen LogP contribution is 2.13. The Kier molecular flexibility index (Phi) is 4.62. The van der Waals surface area contributed by atoms with Crippen LogP contribution in [-0.4, -0.2) is 46.0 Å². The summed E-state index contributed by atoms with van der Waals surface area (Å²) >= 11 is 0. The topological polar surface area (TPSA) is 127 Å². The van der Waals surface area contributed by atoms with Crippen molar-refractivity contribution in [1.82, 2.24) is 10.1 Å². The van der Waals surface area contributed by atoms with Gasteiger partial charge in [-0.2, -0.15) is 0 Å². The van der Waals surface area contributed by atoms with Crippen molar-refractivity contribution in [2.24, 2.45) is 5.73 Å². The molecular formula is C11H15N3O5. The third-order valence-electron chi connectivity index (χ3n) is 2.53. The SMILES string of the molecule is Cc1noc(C)c1CC(=O)N(CC(N)=O)CC(=O)O. The number of nitrogens with two attached hydrogens (primary N) is 1. The van der Waals surface area contributed by atoms with Crippen molar-refractivity contribution in [2.45, 2.75) is 20.3 Å². The van der Waals surface area contributed by atoms with Gasteiger partial charge in [-0.1, -0.05) is 5.16 Å². The van der Waals surface area contributed by atoms with Gasteiger partial charge in [0.1, 0.15) is 12.3 Å². The lowest BCUT2D eigenvalue weighted by Crippen LogP contribution is -2.42. The van der Waals surface area contributed by atoms with Crippen LogP contribution in [0.3, 0.4) is 0 Å². The molecule has 0 aliphatic rings. The van der Waals surface area contributed by atoms with Gasteiger partial charge in [0.2, 0.25) is 11.8 Å². The largest absolute Gasteiger partial charge is 0.480 e. The van der Waals surface area contributed by atoms with Gasteiger partial charge in [0, 0.05) is 5.56 Å². The average Bonchev–Trinajstić information content (AvgIpc) is 2.58. The minimum Gasteiger partial charge on any atom is -0.480 e. The third kappa shape index (κ3) is 4.09. The number of carbonyl (C=O) groups excluding carboxylic acids is 2. The van der Waals surface area contributed by atoms with E-state index in [0.717, 1.165) is 4.90 Å². The molecule has 1 aromatic heterocycles. The minimum absolute atomic E-state index is 0.0816. The summed E-state index contributed by atoms with van der Waals surface area (Å²) in [5, 5.41) is 12.4. The summed E-state index contributed by atoms with van der Waals surface area (Å²) in [7, 11) is 0. The van der Waals surface area contributed by atoms with Crippen molar-refractivity contribution in [3.05, 3.63) is 17.0 Å². The maximum absolute atomic E-state index is 12.0. The Morgan fingerprint density at radius 3 is 2.37 bits per heavy atom. The number of aliphatic carboxylic acids is 1. The molecule has 0 saturated heterocycles. The smallest absolute Gasteiger partial charge is 0.323 e. The summed E-state index contributed by atoms with van der Waals surface area (Å²) in [6.07, 6.45) is -0.0816. The monoisotopic (exact) mass is 269 g/mol. The molecule has 0 spiro atoms. The lowest BCUT2D eigenvalue weighted by molar-refractivity contribution is -0.145. The Morgan fingerprint density at radius 1 is 1.32 bits per heavy atom. The second-order valence-electron chi connectivity index (χ2n) is 4.09. The number of rotatable bonds is 6. The van der Waals surface area contributed by atoms with Crippen LogP contribution in [0.15, 0.2) is 4.52 Å². The van der Waals surface area contributed by atoms with Crippen molar-refractivity contribution in [2.75, 3.05) is 13.1 Å². The van der Waals surface area contributed by atoms with Gasteiger partial charge < -0.3 is 20.3 Å².